The number of nitrogens with one attached hydrogen (secondary N) is 1. The zero-order valence-corrected chi connectivity index (χ0v) is 23.1. The normalized spacial score (nSPS) is 12.8. The molecule has 1 heterocycles. The second kappa shape index (κ2) is 11.4. The van der Waals surface area contributed by atoms with Crippen LogP contribution in [-0.2, 0) is 6.54 Å². The number of urea groups is 1. The molecule has 0 atom stereocenters. The molecule has 194 valence electrons. The highest BCUT2D eigenvalue weighted by Crippen LogP contribution is 2.43. The van der Waals surface area contributed by atoms with E-state index < -0.39 is 6.03 Å². The van der Waals surface area contributed by atoms with Crippen LogP contribution in [0.3, 0.4) is 0 Å². The summed E-state index contributed by atoms with van der Waals surface area (Å²) in [4.78, 5) is 34.1. The molecule has 0 unspecified atom stereocenters. The van der Waals surface area contributed by atoms with Crippen molar-refractivity contribution in [3.8, 4) is 11.3 Å². The molecule has 0 radical (unpaired) electrons. The van der Waals surface area contributed by atoms with Gasteiger partial charge in [0.15, 0.2) is 5.13 Å². The molecule has 4 aromatic rings. The largest absolute Gasteiger partial charge is 0.351 e. The number of nitrogens with zero attached hydrogens (tertiary/aromatic N) is 2. The summed E-state index contributed by atoms with van der Waals surface area (Å²) in [6.45, 7) is 4.45. The lowest BCUT2D eigenvalue weighted by Crippen LogP contribution is -2.32. The molecule has 38 heavy (non-hydrogen) atoms. The van der Waals surface area contributed by atoms with Gasteiger partial charge in [-0.1, -0.05) is 72.9 Å². The number of primary amides is 1. The molecule has 3 aromatic carbocycles. The predicted molar refractivity (Wildman–Crippen MR) is 156 cm³/mol. The second-order valence-corrected chi connectivity index (χ2v) is 11.6. The van der Waals surface area contributed by atoms with Crippen LogP contribution in [-0.4, -0.2) is 22.7 Å². The molecule has 0 bridgehead atoms. The van der Waals surface area contributed by atoms with Crippen LogP contribution in [0.1, 0.15) is 52.0 Å². The Morgan fingerprint density at radius 3 is 2.47 bits per heavy atom. The van der Waals surface area contributed by atoms with Crippen LogP contribution in [0.5, 0.6) is 0 Å². The van der Waals surface area contributed by atoms with E-state index in [-0.39, 0.29) is 5.91 Å². The van der Waals surface area contributed by atoms with Gasteiger partial charge in [-0.3, -0.25) is 4.79 Å². The van der Waals surface area contributed by atoms with Gasteiger partial charge in [0.1, 0.15) is 4.88 Å². The molecule has 1 fully saturated rings. The van der Waals surface area contributed by atoms with Gasteiger partial charge in [-0.25, -0.2) is 14.7 Å². The summed E-state index contributed by atoms with van der Waals surface area (Å²) in [6.07, 6.45) is 2.30. The van der Waals surface area contributed by atoms with Gasteiger partial charge in [0.2, 0.25) is 0 Å². The maximum absolute atomic E-state index is 13.5. The van der Waals surface area contributed by atoms with Crippen molar-refractivity contribution in [1.82, 2.24) is 10.3 Å². The number of hydrogen-bond donors (Lipinski definition) is 2. The third kappa shape index (κ3) is 5.76. The number of nitrogens with two attached hydrogens (primary N) is 1. The van der Waals surface area contributed by atoms with Crippen molar-refractivity contribution < 1.29 is 9.59 Å². The Kier molecular flexibility index (Phi) is 7.81. The van der Waals surface area contributed by atoms with Crippen LogP contribution in [0.2, 0.25) is 0 Å². The molecular weight excluding hydrogens is 512 g/mol. The second-order valence-electron chi connectivity index (χ2n) is 9.29. The maximum Gasteiger partial charge on any atom is 0.325 e. The van der Waals surface area contributed by atoms with E-state index in [4.69, 9.17) is 10.7 Å². The number of benzene rings is 3. The summed E-state index contributed by atoms with van der Waals surface area (Å²) in [5.41, 5.74) is 11.1. The van der Waals surface area contributed by atoms with E-state index >= 15 is 0 Å². The van der Waals surface area contributed by atoms with Crippen molar-refractivity contribution in [3.63, 3.8) is 0 Å². The predicted octanol–water partition coefficient (Wildman–Crippen LogP) is 7.25. The van der Waals surface area contributed by atoms with Crippen LogP contribution < -0.4 is 16.0 Å². The van der Waals surface area contributed by atoms with Gasteiger partial charge in [0, 0.05) is 17.0 Å². The molecule has 3 N–H and O–H groups in total. The number of carbonyl (C=O) groups is 2. The van der Waals surface area contributed by atoms with Gasteiger partial charge in [0.25, 0.3) is 5.91 Å². The van der Waals surface area contributed by atoms with Gasteiger partial charge >= 0.3 is 6.03 Å². The minimum atomic E-state index is -0.632. The lowest BCUT2D eigenvalue weighted by Gasteiger charge is -2.20. The third-order valence-corrected chi connectivity index (χ3v) is 8.42. The van der Waals surface area contributed by atoms with Gasteiger partial charge in [-0.2, -0.15) is 0 Å². The highest BCUT2D eigenvalue weighted by molar-refractivity contribution is 7.99. The quantitative estimate of drug-likeness (QED) is 0.218. The van der Waals surface area contributed by atoms with E-state index in [2.05, 4.69) is 18.3 Å². The molecule has 0 aliphatic heterocycles. The number of anilines is 2. The molecule has 6 nitrogen and oxygen atoms in total. The summed E-state index contributed by atoms with van der Waals surface area (Å²) < 4.78 is 0. The number of hydrogen-bond acceptors (Lipinski definition) is 5. The standard InChI is InChI=1S/C30H30N4O2S2/c1-3-37-24-15-13-22(14-16-24)26-27(28(35)32-18-20-7-5-4-6-8-20)38-30(33-26)34(29(31)36)25-17-23(21-11-12-21)10-9-19(25)2/h4-10,13-17,21H,3,11-12,18H2,1-2H3,(H2,31,36)(H,32,35). The van der Waals surface area contributed by atoms with Crippen LogP contribution in [0.4, 0.5) is 15.6 Å². The molecule has 1 aliphatic carbocycles. The van der Waals surface area contributed by atoms with Crippen molar-refractivity contribution in [1.29, 1.82) is 0 Å². The molecule has 1 aromatic heterocycles. The van der Waals surface area contributed by atoms with Gasteiger partial charge in [-0.05, 0) is 66.3 Å². The van der Waals surface area contributed by atoms with Gasteiger partial charge in [-0.15, -0.1) is 11.8 Å². The summed E-state index contributed by atoms with van der Waals surface area (Å²) >= 11 is 2.93. The Hall–Kier alpha value is -3.62. The summed E-state index contributed by atoms with van der Waals surface area (Å²) in [6, 6.07) is 23.3. The van der Waals surface area contributed by atoms with Gasteiger partial charge in [0.05, 0.1) is 11.4 Å². The molecule has 0 saturated heterocycles. The fraction of sp³-hybridized carbons (Fsp3) is 0.233. The zero-order valence-electron chi connectivity index (χ0n) is 21.4. The Morgan fingerprint density at radius 1 is 1.08 bits per heavy atom. The Balaban J connectivity index is 1.54. The van der Waals surface area contributed by atoms with Crippen LogP contribution in [0, 0.1) is 6.92 Å². The number of thioether (sulfide) groups is 1. The Labute approximate surface area is 231 Å². The highest BCUT2D eigenvalue weighted by Gasteiger charge is 2.29. The van der Waals surface area contributed by atoms with E-state index in [0.29, 0.717) is 33.9 Å². The number of carbonyl (C=O) groups excluding carboxylic acids is 2. The van der Waals surface area contributed by atoms with Gasteiger partial charge < -0.3 is 11.1 Å². The van der Waals surface area contributed by atoms with Crippen molar-refractivity contribution in [2.75, 3.05) is 10.7 Å². The van der Waals surface area contributed by atoms with E-state index in [1.165, 1.54) is 21.8 Å². The van der Waals surface area contributed by atoms with E-state index in [9.17, 15) is 9.59 Å². The Bertz CT molecular complexity index is 1450. The van der Waals surface area contributed by atoms with E-state index in [1.54, 1.807) is 11.8 Å². The number of aryl methyl sites for hydroxylation is 1. The molecule has 0 spiro atoms. The van der Waals surface area contributed by atoms with Crippen LogP contribution in [0.15, 0.2) is 77.7 Å². The smallest absolute Gasteiger partial charge is 0.325 e. The van der Waals surface area contributed by atoms with Crippen LogP contribution in [0.25, 0.3) is 11.3 Å². The first-order valence-electron chi connectivity index (χ1n) is 12.7. The van der Waals surface area contributed by atoms with E-state index in [0.717, 1.165) is 40.2 Å². The number of aromatic nitrogens is 1. The molecule has 1 aliphatic rings. The van der Waals surface area contributed by atoms with Crippen molar-refractivity contribution >= 4 is 45.9 Å². The minimum absolute atomic E-state index is 0.243. The SMILES string of the molecule is CCSc1ccc(-c2nc(N(C(N)=O)c3cc(C4CC4)ccc3C)sc2C(=O)NCc2ccccc2)cc1. The zero-order chi connectivity index (χ0) is 26.6. The molecule has 8 heteroatoms. The number of thiazole rings is 1. The molecule has 5 rings (SSSR count). The van der Waals surface area contributed by atoms with Crippen LogP contribution >= 0.6 is 23.1 Å². The summed E-state index contributed by atoms with van der Waals surface area (Å²) in [5, 5.41) is 3.39. The van der Waals surface area contributed by atoms with Crippen molar-refractivity contribution in [3.05, 3.63) is 94.4 Å². The molecular formula is C30H30N4O2S2. The van der Waals surface area contributed by atoms with Crippen molar-refractivity contribution in [2.24, 2.45) is 5.73 Å². The first-order valence-corrected chi connectivity index (χ1v) is 14.5. The minimum Gasteiger partial charge on any atom is -0.351 e. The monoisotopic (exact) mass is 542 g/mol. The average Bonchev–Trinajstić information content (AvgIpc) is 3.69. The maximum atomic E-state index is 13.5. The summed E-state index contributed by atoms with van der Waals surface area (Å²) in [5.74, 6) is 1.25. The fourth-order valence-electron chi connectivity index (χ4n) is 4.34. The first-order chi connectivity index (χ1) is 18.4. The third-order valence-electron chi connectivity index (χ3n) is 6.49. The number of rotatable bonds is 9. The first kappa shape index (κ1) is 26.0. The lowest BCUT2D eigenvalue weighted by molar-refractivity contribution is 0.0955. The average molecular weight is 543 g/mol. The fourth-order valence-corrected chi connectivity index (χ4v) is 6.03. The van der Waals surface area contributed by atoms with E-state index in [1.807, 2.05) is 73.7 Å². The topological polar surface area (TPSA) is 88.3 Å². The molecule has 3 amide bonds. The lowest BCUT2D eigenvalue weighted by atomic mass is 10.1. The molecule has 1 saturated carbocycles. The highest BCUT2D eigenvalue weighted by atomic mass is 32.2. The van der Waals surface area contributed by atoms with Crippen molar-refractivity contribution in [2.45, 2.75) is 44.0 Å². The summed E-state index contributed by atoms with van der Waals surface area (Å²) in [7, 11) is 0. The number of amides is 3. The Morgan fingerprint density at radius 2 is 1.82 bits per heavy atom.